The summed E-state index contributed by atoms with van der Waals surface area (Å²) in [6, 6.07) is 0. The fraction of sp³-hybridized carbons (Fsp3) is 0.875. The summed E-state index contributed by atoms with van der Waals surface area (Å²) >= 11 is 0. The first-order chi connectivity index (χ1) is 14.2. The van der Waals surface area contributed by atoms with Crippen LogP contribution in [0, 0.1) is 17.8 Å². The lowest BCUT2D eigenvalue weighted by Gasteiger charge is -2.06. The van der Waals surface area contributed by atoms with Crippen molar-refractivity contribution in [2.45, 2.75) is 119 Å². The van der Waals surface area contributed by atoms with Crippen LogP contribution >= 0.6 is 0 Å². The van der Waals surface area contributed by atoms with E-state index in [0.29, 0.717) is 0 Å². The third kappa shape index (κ3) is 41.0. The Morgan fingerprint density at radius 1 is 0.472 bits per heavy atom. The van der Waals surface area contributed by atoms with Crippen molar-refractivity contribution in [1.82, 2.24) is 0 Å². The molecule has 0 aliphatic heterocycles. The number of unbranched alkanes of at least 4 members (excludes halogenated alkanes) is 3. The van der Waals surface area contributed by atoms with Crippen molar-refractivity contribution in [2.75, 3.05) is 0 Å². The van der Waals surface area contributed by atoms with Crippen LogP contribution < -0.4 is 0 Å². The maximum absolute atomic E-state index is 10.4. The highest BCUT2D eigenvalue weighted by Crippen LogP contribution is 2.13. The molecule has 0 fully saturated rings. The molecule has 0 bridgehead atoms. The topological polar surface area (TPSA) is 206 Å². The Morgan fingerprint density at radius 3 is 0.722 bits per heavy atom. The number of hydrogen-bond donors (Lipinski definition) is 3. The van der Waals surface area contributed by atoms with E-state index in [1.54, 1.807) is 0 Å². The van der Waals surface area contributed by atoms with Gasteiger partial charge < -0.3 is 31.7 Å². The van der Waals surface area contributed by atoms with Crippen molar-refractivity contribution in [1.29, 1.82) is 0 Å². The Hall–Kier alpha value is -0.113. The predicted octanol–water partition coefficient (Wildman–Crippen LogP) is 3.25. The standard InChI is InChI=1S/3C8H16O2.3Al.3H2O/c3*1-3-5-6-7(4-2)8(9)10;;;;;;/h3*7H,3-6H2,1-2H3,(H,9,10);;;;3*1H2. The molecule has 213 valence electrons. The minimum absolute atomic E-state index is 0. The number of carboxylic acid groups (broad SMARTS) is 3. The Bertz CT molecular complexity index is 381. The largest absolute Gasteiger partial charge is 0.481 e. The molecule has 0 aromatic rings. The van der Waals surface area contributed by atoms with Crippen molar-refractivity contribution in [3.63, 3.8) is 0 Å². The van der Waals surface area contributed by atoms with Gasteiger partial charge in [0, 0.05) is 52.1 Å². The minimum Gasteiger partial charge on any atom is -0.481 e. The molecular weight excluding hydrogens is 513 g/mol. The number of rotatable bonds is 15. The van der Waals surface area contributed by atoms with Crippen LogP contribution in [-0.2, 0) is 14.4 Å². The van der Waals surface area contributed by atoms with Crippen molar-refractivity contribution >= 4 is 70.0 Å². The molecule has 0 aromatic carbocycles. The SMILES string of the molecule is CCCCC(CC)C(=O)O.CCCCC(CC)C(=O)O.CCCCC(CC)C(=O)O.O.O.O.[Al].[Al].[Al]. The van der Waals surface area contributed by atoms with E-state index >= 15 is 0 Å². The molecule has 12 heteroatoms. The lowest BCUT2D eigenvalue weighted by atomic mass is 10.00. The van der Waals surface area contributed by atoms with Crippen LogP contribution in [0.1, 0.15) is 119 Å². The second-order valence-electron chi connectivity index (χ2n) is 7.76. The molecule has 0 heterocycles. The molecule has 3 atom stereocenters. The Labute approximate surface area is 251 Å². The molecule has 0 rings (SSSR count). The van der Waals surface area contributed by atoms with Gasteiger partial charge in [-0.1, -0.05) is 80.1 Å². The summed E-state index contributed by atoms with van der Waals surface area (Å²) in [5.41, 5.74) is 0. The van der Waals surface area contributed by atoms with E-state index in [0.717, 1.165) is 77.0 Å². The van der Waals surface area contributed by atoms with E-state index in [4.69, 9.17) is 15.3 Å². The van der Waals surface area contributed by atoms with Crippen molar-refractivity contribution in [3.05, 3.63) is 0 Å². The van der Waals surface area contributed by atoms with Gasteiger partial charge >= 0.3 is 17.9 Å². The van der Waals surface area contributed by atoms with Crippen LogP contribution in [-0.4, -0.2) is 102 Å². The molecule has 0 aliphatic rings. The van der Waals surface area contributed by atoms with Crippen molar-refractivity contribution in [2.24, 2.45) is 17.8 Å². The first-order valence-corrected chi connectivity index (χ1v) is 11.8. The quantitative estimate of drug-likeness (QED) is 0.253. The van der Waals surface area contributed by atoms with Crippen LogP contribution in [0.25, 0.3) is 0 Å². The van der Waals surface area contributed by atoms with Gasteiger partial charge in [0.2, 0.25) is 0 Å². The predicted molar refractivity (Wildman–Crippen MR) is 151 cm³/mol. The van der Waals surface area contributed by atoms with Gasteiger partial charge in [0.05, 0.1) is 17.8 Å². The van der Waals surface area contributed by atoms with Gasteiger partial charge in [-0.3, -0.25) is 14.4 Å². The normalized spacial score (nSPS) is 10.8. The molecule has 0 amide bonds. The monoisotopic (exact) mass is 567 g/mol. The van der Waals surface area contributed by atoms with Gasteiger partial charge in [-0.2, -0.15) is 0 Å². The highest BCUT2D eigenvalue weighted by molar-refractivity contribution is 5.76. The molecule has 3 unspecified atom stereocenters. The lowest BCUT2D eigenvalue weighted by Crippen LogP contribution is -2.11. The number of hydrogen-bond acceptors (Lipinski definition) is 3. The smallest absolute Gasteiger partial charge is 0.306 e. The maximum atomic E-state index is 10.4. The summed E-state index contributed by atoms with van der Waals surface area (Å²) in [4.78, 5) is 31.3. The Morgan fingerprint density at radius 2 is 0.639 bits per heavy atom. The van der Waals surface area contributed by atoms with Gasteiger partial charge in [-0.15, -0.1) is 0 Å². The van der Waals surface area contributed by atoms with E-state index in [9.17, 15) is 14.4 Å². The number of carboxylic acids is 3. The van der Waals surface area contributed by atoms with Gasteiger partial charge in [0.1, 0.15) is 0 Å². The molecule has 0 spiro atoms. The summed E-state index contributed by atoms with van der Waals surface area (Å²) in [7, 11) is 0. The summed E-state index contributed by atoms with van der Waals surface area (Å²) in [6.07, 6.45) is 11.1. The van der Waals surface area contributed by atoms with Crippen LogP contribution in [0.5, 0.6) is 0 Å². The molecule has 0 saturated heterocycles. The fourth-order valence-corrected chi connectivity index (χ4v) is 2.86. The second-order valence-corrected chi connectivity index (χ2v) is 7.76. The number of carbonyl (C=O) groups is 3. The fourth-order valence-electron chi connectivity index (χ4n) is 2.86. The van der Waals surface area contributed by atoms with E-state index < -0.39 is 17.9 Å². The molecule has 0 saturated carbocycles. The van der Waals surface area contributed by atoms with Gasteiger partial charge in [0.15, 0.2) is 0 Å². The highest BCUT2D eigenvalue weighted by atomic mass is 27.0. The second kappa shape index (κ2) is 44.9. The first kappa shape index (κ1) is 60.4. The van der Waals surface area contributed by atoms with E-state index in [-0.39, 0.29) is 86.3 Å². The summed E-state index contributed by atoms with van der Waals surface area (Å²) in [5.74, 6) is -2.26. The van der Waals surface area contributed by atoms with Crippen molar-refractivity contribution < 1.29 is 46.1 Å². The Balaban J connectivity index is -0.0000000401. The van der Waals surface area contributed by atoms with Crippen LogP contribution in [0.4, 0.5) is 0 Å². The zero-order valence-corrected chi connectivity index (χ0v) is 27.0. The van der Waals surface area contributed by atoms with E-state index in [1.165, 1.54) is 0 Å². The molecule has 0 aliphatic carbocycles. The minimum atomic E-state index is -0.643. The van der Waals surface area contributed by atoms with Gasteiger partial charge in [-0.05, 0) is 38.5 Å². The average molecular weight is 568 g/mol. The summed E-state index contributed by atoms with van der Waals surface area (Å²) < 4.78 is 0. The van der Waals surface area contributed by atoms with Gasteiger partial charge in [-0.25, -0.2) is 0 Å². The molecule has 0 aromatic heterocycles. The van der Waals surface area contributed by atoms with Crippen molar-refractivity contribution in [3.8, 4) is 0 Å². The van der Waals surface area contributed by atoms with Crippen LogP contribution in [0.3, 0.4) is 0 Å². The zero-order valence-electron chi connectivity index (χ0n) is 23.5. The van der Waals surface area contributed by atoms with Crippen LogP contribution in [0.15, 0.2) is 0 Å². The van der Waals surface area contributed by atoms with E-state index in [2.05, 4.69) is 20.8 Å². The lowest BCUT2D eigenvalue weighted by molar-refractivity contribution is -0.143. The summed E-state index contributed by atoms with van der Waals surface area (Å²) in [6.45, 7) is 12.0. The average Bonchev–Trinajstić information content (AvgIpc) is 2.70. The van der Waals surface area contributed by atoms with Crippen LogP contribution in [0.2, 0.25) is 0 Å². The summed E-state index contributed by atoms with van der Waals surface area (Å²) in [5, 5.41) is 25.8. The zero-order chi connectivity index (χ0) is 23.9. The molecule has 9 N–H and O–H groups in total. The highest BCUT2D eigenvalue weighted by Gasteiger charge is 2.14. The molecule has 9 radical (unpaired) electrons. The maximum Gasteiger partial charge on any atom is 0.306 e. The molecule has 9 nitrogen and oxygen atoms in total. The third-order valence-corrected chi connectivity index (χ3v) is 5.24. The number of aliphatic carboxylic acids is 3. The van der Waals surface area contributed by atoms with Gasteiger partial charge in [0.25, 0.3) is 0 Å². The first-order valence-electron chi connectivity index (χ1n) is 11.8. The third-order valence-electron chi connectivity index (χ3n) is 5.24. The van der Waals surface area contributed by atoms with E-state index in [1.807, 2.05) is 20.8 Å². The Kier molecular flexibility index (Phi) is 75.3. The molecular formula is C24H54Al3O9. The molecule has 36 heavy (non-hydrogen) atoms.